The van der Waals surface area contributed by atoms with Crippen molar-refractivity contribution in [2.24, 2.45) is 22.4 Å². The molecule has 0 saturated heterocycles. The summed E-state index contributed by atoms with van der Waals surface area (Å²) >= 11 is 0. The Morgan fingerprint density at radius 1 is 0.933 bits per heavy atom. The molecule has 9 N–H and O–H groups in total. The number of phenolic OH excluding ortho intramolecular Hbond substituents is 1. The van der Waals surface area contributed by atoms with Gasteiger partial charge in [-0.2, -0.15) is 0 Å². The van der Waals surface area contributed by atoms with E-state index in [2.05, 4.69) is 15.6 Å². The number of hydrogen-bond donors (Lipinski definition) is 7. The maximum absolute atomic E-state index is 13.5. The largest absolute Gasteiger partial charge is 0.508 e. The lowest BCUT2D eigenvalue weighted by Crippen LogP contribution is -2.41. The quantitative estimate of drug-likeness (QED) is 0.0759. The van der Waals surface area contributed by atoms with Crippen molar-refractivity contribution in [2.45, 2.75) is 44.8 Å². The summed E-state index contributed by atoms with van der Waals surface area (Å²) in [5, 5.41) is 24.6. The Kier molecular flexibility index (Phi) is 12.1. The summed E-state index contributed by atoms with van der Waals surface area (Å²) in [4.78, 5) is 52.8. The molecule has 2 amide bonds. The van der Waals surface area contributed by atoms with Crippen molar-refractivity contribution in [2.75, 3.05) is 0 Å². The highest BCUT2D eigenvalue weighted by Crippen LogP contribution is 2.53. The summed E-state index contributed by atoms with van der Waals surface area (Å²) in [6.07, 6.45) is -3.13. The van der Waals surface area contributed by atoms with E-state index in [1.54, 1.807) is 38.1 Å². The van der Waals surface area contributed by atoms with Gasteiger partial charge in [0.2, 0.25) is 5.91 Å². The van der Waals surface area contributed by atoms with Gasteiger partial charge in [-0.05, 0) is 46.9 Å². The van der Waals surface area contributed by atoms with Gasteiger partial charge in [0.1, 0.15) is 18.1 Å². The Bertz CT molecular complexity index is 1550. The van der Waals surface area contributed by atoms with Gasteiger partial charge in [0.25, 0.3) is 0 Å². The number of nitrogens with zero attached hydrogens (tertiary/aromatic N) is 1. The number of phenols is 1. The van der Waals surface area contributed by atoms with E-state index in [-0.39, 0.29) is 29.6 Å². The van der Waals surface area contributed by atoms with Gasteiger partial charge < -0.3 is 41.9 Å². The van der Waals surface area contributed by atoms with Crippen LogP contribution < -0.4 is 22.1 Å². The van der Waals surface area contributed by atoms with Crippen LogP contribution in [0, 0.1) is 5.92 Å². The monoisotopic (exact) mass is 641 g/mol. The number of aliphatic carboxylic acids is 1. The number of aromatic hydroxyl groups is 1. The molecule has 240 valence electrons. The second-order valence-electron chi connectivity index (χ2n) is 10.3. The molecule has 4 atom stereocenters. The fourth-order valence-corrected chi connectivity index (χ4v) is 5.98. The minimum absolute atomic E-state index is 0.0151. The summed E-state index contributed by atoms with van der Waals surface area (Å²) in [5.41, 5.74) is 12.1. The third kappa shape index (κ3) is 10.6. The Hall–Kier alpha value is -4.91. The zero-order valence-corrected chi connectivity index (χ0v) is 25.5. The van der Waals surface area contributed by atoms with Gasteiger partial charge in [-0.1, -0.05) is 68.4 Å². The Morgan fingerprint density at radius 2 is 1.60 bits per heavy atom. The molecule has 0 aliphatic rings. The molecular formula is C30H36N5O9P. The third-order valence-electron chi connectivity index (χ3n) is 6.39. The normalized spacial score (nSPS) is 14.3. The second-order valence-corrected chi connectivity index (χ2v) is 12.2. The number of amides is 2. The Morgan fingerprint density at radius 3 is 2.20 bits per heavy atom. The molecule has 0 spiro atoms. The second kappa shape index (κ2) is 15.7. The molecule has 0 bridgehead atoms. The topological polar surface area (TPSA) is 236 Å². The van der Waals surface area contributed by atoms with E-state index in [9.17, 15) is 34.1 Å². The number of carboxylic acid groups (broad SMARTS) is 1. The molecule has 0 heterocycles. The van der Waals surface area contributed by atoms with Crippen LogP contribution in [0.1, 0.15) is 49.1 Å². The first-order valence-electron chi connectivity index (χ1n) is 13.7. The van der Waals surface area contributed by atoms with Crippen LogP contribution in [0.15, 0.2) is 83.9 Å². The minimum Gasteiger partial charge on any atom is -0.508 e. The summed E-state index contributed by atoms with van der Waals surface area (Å²) in [6, 6.07) is 19.3. The van der Waals surface area contributed by atoms with E-state index in [0.29, 0.717) is 5.56 Å². The molecule has 0 aromatic heterocycles. The number of hydrogen-bond acceptors (Lipinski definition) is 8. The summed E-state index contributed by atoms with van der Waals surface area (Å²) < 4.78 is 24.1. The molecule has 3 aromatic carbocycles. The van der Waals surface area contributed by atoms with Crippen molar-refractivity contribution in [3.63, 3.8) is 0 Å². The SMILES string of the molecule is CC(C)C(NC(=O)CC(NC(=O)OCc1ccccc1)c1ccc(O)cc1)P(=O)(O)OC(C(=O)O)c1cccc(N=C(N)N)c1. The van der Waals surface area contributed by atoms with Crippen LogP contribution in [0.5, 0.6) is 5.75 Å². The van der Waals surface area contributed by atoms with Crippen molar-refractivity contribution in [1.82, 2.24) is 10.6 Å². The van der Waals surface area contributed by atoms with Gasteiger partial charge in [0.05, 0.1) is 18.2 Å². The number of carbonyl (C=O) groups excluding carboxylic acids is 2. The highest BCUT2D eigenvalue weighted by atomic mass is 31.2. The molecule has 15 heteroatoms. The smallest absolute Gasteiger partial charge is 0.407 e. The first-order valence-corrected chi connectivity index (χ1v) is 15.4. The number of benzene rings is 3. The van der Waals surface area contributed by atoms with Crippen LogP contribution in [-0.4, -0.2) is 44.8 Å². The van der Waals surface area contributed by atoms with E-state index in [0.717, 1.165) is 5.56 Å². The van der Waals surface area contributed by atoms with Crippen molar-refractivity contribution < 1.29 is 43.3 Å². The first-order chi connectivity index (χ1) is 21.2. The van der Waals surface area contributed by atoms with E-state index < -0.39 is 55.8 Å². The molecule has 4 unspecified atom stereocenters. The summed E-state index contributed by atoms with van der Waals surface area (Å²) in [6.45, 7) is 3.06. The number of alkyl carbamates (subject to hydrolysis) is 1. The van der Waals surface area contributed by atoms with Gasteiger partial charge in [0, 0.05) is 0 Å². The number of rotatable bonds is 14. The maximum atomic E-state index is 13.5. The molecule has 0 saturated carbocycles. The van der Waals surface area contributed by atoms with Gasteiger partial charge >= 0.3 is 19.7 Å². The average Bonchev–Trinajstić information content (AvgIpc) is 2.97. The van der Waals surface area contributed by atoms with Crippen LogP contribution in [0.4, 0.5) is 10.5 Å². The molecule has 3 rings (SSSR count). The van der Waals surface area contributed by atoms with Crippen molar-refractivity contribution in [3.05, 3.63) is 95.6 Å². The number of ether oxygens (including phenoxy) is 1. The number of aliphatic imine (C=N–C) groups is 1. The Labute approximate surface area is 259 Å². The molecule has 0 aliphatic carbocycles. The lowest BCUT2D eigenvalue weighted by Gasteiger charge is -2.29. The van der Waals surface area contributed by atoms with Crippen LogP contribution in [0.3, 0.4) is 0 Å². The van der Waals surface area contributed by atoms with E-state index in [1.807, 2.05) is 6.07 Å². The summed E-state index contributed by atoms with van der Waals surface area (Å²) in [7, 11) is -4.87. The van der Waals surface area contributed by atoms with E-state index in [1.165, 1.54) is 48.5 Å². The molecule has 0 aliphatic heterocycles. The van der Waals surface area contributed by atoms with Crippen LogP contribution >= 0.6 is 7.60 Å². The van der Waals surface area contributed by atoms with Gasteiger partial charge in [-0.25, -0.2) is 14.6 Å². The molecule has 0 radical (unpaired) electrons. The highest BCUT2D eigenvalue weighted by molar-refractivity contribution is 7.53. The standard InChI is InChI=1S/C30H36N5O9P/c1-18(2)27(45(41,42)44-26(28(38)39)21-9-6-10-22(15-21)33-29(31)32)35-25(37)16-24(20-11-13-23(36)14-12-20)34-30(40)43-17-19-7-4-3-5-8-19/h3-15,18,24,26-27,36H,16-17H2,1-2H3,(H,34,40)(H,35,37)(H,38,39)(H,41,42)(H4,31,32,33). The molecular weight excluding hydrogens is 605 g/mol. The maximum Gasteiger partial charge on any atom is 0.407 e. The fourth-order valence-electron chi connectivity index (χ4n) is 4.27. The Balaban J connectivity index is 1.78. The van der Waals surface area contributed by atoms with Gasteiger partial charge in [0.15, 0.2) is 12.1 Å². The van der Waals surface area contributed by atoms with E-state index in [4.69, 9.17) is 20.7 Å². The average molecular weight is 642 g/mol. The molecule has 45 heavy (non-hydrogen) atoms. The lowest BCUT2D eigenvalue weighted by molar-refractivity contribution is -0.145. The number of nitrogens with two attached hydrogens (primary N) is 2. The predicted molar refractivity (Wildman–Crippen MR) is 165 cm³/mol. The van der Waals surface area contributed by atoms with Crippen molar-refractivity contribution >= 4 is 37.2 Å². The fraction of sp³-hybridized carbons (Fsp3) is 0.267. The lowest BCUT2D eigenvalue weighted by atomic mass is 10.0. The van der Waals surface area contributed by atoms with E-state index >= 15 is 0 Å². The predicted octanol–water partition coefficient (Wildman–Crippen LogP) is 3.78. The molecule has 14 nitrogen and oxygen atoms in total. The number of guanidine groups is 1. The van der Waals surface area contributed by atoms with Gasteiger partial charge in [-0.15, -0.1) is 0 Å². The van der Waals surface area contributed by atoms with Crippen LogP contribution in [0.25, 0.3) is 0 Å². The highest BCUT2D eigenvalue weighted by Gasteiger charge is 2.41. The number of carboxylic acids is 1. The van der Waals surface area contributed by atoms with Crippen LogP contribution in [0.2, 0.25) is 0 Å². The molecule has 3 aromatic rings. The minimum atomic E-state index is -4.87. The zero-order valence-electron chi connectivity index (χ0n) is 24.6. The van der Waals surface area contributed by atoms with Crippen molar-refractivity contribution in [1.29, 1.82) is 0 Å². The van der Waals surface area contributed by atoms with Crippen LogP contribution in [-0.2, 0) is 30.0 Å². The molecule has 0 fully saturated rings. The van der Waals surface area contributed by atoms with Crippen molar-refractivity contribution in [3.8, 4) is 5.75 Å². The number of carbonyl (C=O) groups is 3. The zero-order chi connectivity index (χ0) is 33.1. The van der Waals surface area contributed by atoms with Gasteiger partial charge in [-0.3, -0.25) is 13.9 Å². The number of nitrogens with one attached hydrogen (secondary N) is 2. The third-order valence-corrected chi connectivity index (χ3v) is 8.33. The first kappa shape index (κ1) is 34.6. The summed E-state index contributed by atoms with van der Waals surface area (Å²) in [5.74, 6) is -4.86.